The topological polar surface area (TPSA) is 0 Å². The van der Waals surface area contributed by atoms with Gasteiger partial charge in [-0.15, -0.1) is 0 Å². The van der Waals surface area contributed by atoms with Crippen LogP contribution in [0.2, 0.25) is 0 Å². The van der Waals surface area contributed by atoms with Gasteiger partial charge in [0.1, 0.15) is 0 Å². The molecule has 3 aliphatic rings. The molecule has 2 fully saturated rings. The van der Waals surface area contributed by atoms with Crippen molar-refractivity contribution in [3.8, 4) is 0 Å². The predicted molar refractivity (Wildman–Crippen MR) is 64.5 cm³/mol. The quantitative estimate of drug-likeness (QED) is 0.552. The van der Waals surface area contributed by atoms with E-state index in [0.717, 1.165) is 29.6 Å². The maximum Gasteiger partial charge on any atom is -0.0136 e. The average Bonchev–Trinajstić information content (AvgIpc) is 2.54. The second kappa shape index (κ2) is 3.50. The van der Waals surface area contributed by atoms with E-state index >= 15 is 0 Å². The van der Waals surface area contributed by atoms with Crippen LogP contribution in [0.1, 0.15) is 39.5 Å². The summed E-state index contributed by atoms with van der Waals surface area (Å²) in [6, 6.07) is 0. The molecule has 0 aliphatic heterocycles. The van der Waals surface area contributed by atoms with Crippen molar-refractivity contribution in [3.05, 3.63) is 23.8 Å². The van der Waals surface area contributed by atoms with Gasteiger partial charge in [0.05, 0.1) is 0 Å². The van der Waals surface area contributed by atoms with Gasteiger partial charge in [-0.05, 0) is 55.8 Å². The third-order valence-corrected chi connectivity index (χ3v) is 4.93. The maximum atomic E-state index is 2.54. The Hall–Kier alpha value is -0.520. The second-order valence-corrected chi connectivity index (χ2v) is 6.09. The molecule has 0 aromatic rings. The molecule has 0 heteroatoms. The minimum Gasteiger partial charge on any atom is -0.0803 e. The fourth-order valence-corrected chi connectivity index (χ4v) is 4.20. The first-order chi connectivity index (χ1) is 7.24. The monoisotopic (exact) mass is 202 g/mol. The summed E-state index contributed by atoms with van der Waals surface area (Å²) in [4.78, 5) is 0. The van der Waals surface area contributed by atoms with Gasteiger partial charge in [-0.3, -0.25) is 0 Å². The molecule has 82 valence electrons. The van der Waals surface area contributed by atoms with Crippen LogP contribution in [-0.4, -0.2) is 0 Å². The van der Waals surface area contributed by atoms with E-state index in [-0.39, 0.29) is 0 Å². The fraction of sp³-hybridized carbons (Fsp3) is 0.733. The summed E-state index contributed by atoms with van der Waals surface area (Å²) in [5.74, 6) is 4.81. The third-order valence-electron chi connectivity index (χ3n) is 4.93. The highest BCUT2D eigenvalue weighted by Crippen LogP contribution is 2.52. The van der Waals surface area contributed by atoms with E-state index in [1.807, 2.05) is 0 Å². The number of fused-ring (bicyclic) bond motifs is 3. The van der Waals surface area contributed by atoms with Gasteiger partial charge in [0.2, 0.25) is 0 Å². The summed E-state index contributed by atoms with van der Waals surface area (Å²) in [7, 11) is 0. The van der Waals surface area contributed by atoms with E-state index in [1.165, 1.54) is 31.3 Å². The highest BCUT2D eigenvalue weighted by atomic mass is 14.5. The van der Waals surface area contributed by atoms with Crippen molar-refractivity contribution >= 4 is 0 Å². The van der Waals surface area contributed by atoms with Gasteiger partial charge in [0, 0.05) is 0 Å². The fourth-order valence-electron chi connectivity index (χ4n) is 4.20. The first kappa shape index (κ1) is 9.69. The summed E-state index contributed by atoms with van der Waals surface area (Å²) in [5, 5.41) is 0. The highest BCUT2D eigenvalue weighted by molar-refractivity contribution is 5.26. The minimum absolute atomic E-state index is 0.885. The Kier molecular flexibility index (Phi) is 2.26. The molecule has 2 saturated carbocycles. The number of allylic oxidation sites excluding steroid dienone is 4. The summed E-state index contributed by atoms with van der Waals surface area (Å²) in [5.41, 5.74) is 1.49. The van der Waals surface area contributed by atoms with Crippen LogP contribution in [0, 0.1) is 29.6 Å². The molecule has 3 aliphatic carbocycles. The Balaban J connectivity index is 1.83. The molecule has 0 heterocycles. The van der Waals surface area contributed by atoms with Crippen LogP contribution in [-0.2, 0) is 0 Å². The van der Waals surface area contributed by atoms with E-state index in [0.29, 0.717) is 0 Å². The standard InChI is InChI=1S/C15H22/c1-10-4-6-14-13(7-10)9-12-5-3-11(2)8-15(12)14/h4,6-7,11-15H,3,5,8-9H2,1-2H3. The zero-order valence-electron chi connectivity index (χ0n) is 9.95. The summed E-state index contributed by atoms with van der Waals surface area (Å²) in [6.45, 7) is 4.69. The first-order valence-electron chi connectivity index (χ1n) is 6.60. The van der Waals surface area contributed by atoms with Gasteiger partial charge in [0.15, 0.2) is 0 Å². The van der Waals surface area contributed by atoms with Crippen molar-refractivity contribution in [2.75, 3.05) is 0 Å². The molecule has 0 saturated heterocycles. The molecule has 0 bridgehead atoms. The SMILES string of the molecule is CC1=CC2CC3CCC(C)CC3C2C=C1. The first-order valence-corrected chi connectivity index (χ1v) is 6.60. The molecule has 5 unspecified atom stereocenters. The van der Waals surface area contributed by atoms with Crippen molar-refractivity contribution in [1.29, 1.82) is 0 Å². The minimum atomic E-state index is 0.885. The molecule has 0 N–H and O–H groups in total. The van der Waals surface area contributed by atoms with Crippen molar-refractivity contribution < 1.29 is 0 Å². The highest BCUT2D eigenvalue weighted by Gasteiger charge is 2.43. The Morgan fingerprint density at radius 1 is 1.20 bits per heavy atom. The lowest BCUT2D eigenvalue weighted by atomic mass is 9.73. The molecular formula is C15H22. The number of rotatable bonds is 0. The summed E-state index contributed by atoms with van der Waals surface area (Å²) < 4.78 is 0. The lowest BCUT2D eigenvalue weighted by Gasteiger charge is -2.32. The lowest BCUT2D eigenvalue weighted by Crippen LogP contribution is -2.23. The second-order valence-electron chi connectivity index (χ2n) is 6.09. The van der Waals surface area contributed by atoms with Crippen molar-refractivity contribution in [1.82, 2.24) is 0 Å². The smallest absolute Gasteiger partial charge is 0.0136 e. The van der Waals surface area contributed by atoms with Crippen LogP contribution in [0.15, 0.2) is 23.8 Å². The van der Waals surface area contributed by atoms with Gasteiger partial charge in [0.25, 0.3) is 0 Å². The third kappa shape index (κ3) is 1.58. The molecule has 0 nitrogen and oxygen atoms in total. The average molecular weight is 202 g/mol. The van der Waals surface area contributed by atoms with E-state index < -0.39 is 0 Å². The Morgan fingerprint density at radius 3 is 2.93 bits per heavy atom. The van der Waals surface area contributed by atoms with Gasteiger partial charge in [-0.1, -0.05) is 37.1 Å². The Bertz CT molecular complexity index is 310. The zero-order valence-corrected chi connectivity index (χ0v) is 9.95. The molecule has 15 heavy (non-hydrogen) atoms. The van der Waals surface area contributed by atoms with Crippen LogP contribution in [0.5, 0.6) is 0 Å². The maximum absolute atomic E-state index is 2.54. The van der Waals surface area contributed by atoms with Crippen LogP contribution in [0.25, 0.3) is 0 Å². The van der Waals surface area contributed by atoms with Crippen molar-refractivity contribution in [2.24, 2.45) is 29.6 Å². The van der Waals surface area contributed by atoms with E-state index in [4.69, 9.17) is 0 Å². The molecule has 0 amide bonds. The van der Waals surface area contributed by atoms with E-state index in [1.54, 1.807) is 0 Å². The number of hydrogen-bond donors (Lipinski definition) is 0. The van der Waals surface area contributed by atoms with Crippen LogP contribution >= 0.6 is 0 Å². The van der Waals surface area contributed by atoms with Gasteiger partial charge < -0.3 is 0 Å². The molecule has 0 radical (unpaired) electrons. The molecule has 5 atom stereocenters. The predicted octanol–water partition coefficient (Wildman–Crippen LogP) is 4.19. The van der Waals surface area contributed by atoms with Crippen LogP contribution in [0.3, 0.4) is 0 Å². The zero-order chi connectivity index (χ0) is 10.4. The van der Waals surface area contributed by atoms with E-state index in [2.05, 4.69) is 32.1 Å². The summed E-state index contributed by atoms with van der Waals surface area (Å²) in [6.07, 6.45) is 13.3. The molecule has 0 spiro atoms. The van der Waals surface area contributed by atoms with E-state index in [9.17, 15) is 0 Å². The van der Waals surface area contributed by atoms with Crippen LogP contribution < -0.4 is 0 Å². The summed E-state index contributed by atoms with van der Waals surface area (Å²) >= 11 is 0. The largest absolute Gasteiger partial charge is 0.0803 e. The molecular weight excluding hydrogens is 180 g/mol. The normalized spacial score (nSPS) is 48.4. The lowest BCUT2D eigenvalue weighted by molar-refractivity contribution is 0.197. The molecule has 0 aromatic heterocycles. The van der Waals surface area contributed by atoms with Crippen LogP contribution in [0.4, 0.5) is 0 Å². The molecule has 0 aromatic carbocycles. The van der Waals surface area contributed by atoms with Crippen molar-refractivity contribution in [2.45, 2.75) is 39.5 Å². The van der Waals surface area contributed by atoms with Gasteiger partial charge in [-0.2, -0.15) is 0 Å². The van der Waals surface area contributed by atoms with Crippen molar-refractivity contribution in [3.63, 3.8) is 0 Å². The van der Waals surface area contributed by atoms with Gasteiger partial charge in [-0.25, -0.2) is 0 Å². The molecule has 3 rings (SSSR count). The Labute approximate surface area is 93.5 Å². The van der Waals surface area contributed by atoms with Gasteiger partial charge >= 0.3 is 0 Å². The Morgan fingerprint density at radius 2 is 2.07 bits per heavy atom. The number of hydrogen-bond acceptors (Lipinski definition) is 0.